The minimum Gasteiger partial charge on any atom is -0.497 e. The van der Waals surface area contributed by atoms with Crippen molar-refractivity contribution in [3.63, 3.8) is 0 Å². The lowest BCUT2D eigenvalue weighted by Crippen LogP contribution is -2.16. The zero-order valence-corrected chi connectivity index (χ0v) is 14.7. The minimum absolute atomic E-state index is 0.104. The van der Waals surface area contributed by atoms with Crippen LogP contribution in [-0.2, 0) is 20.7 Å². The van der Waals surface area contributed by atoms with Crippen molar-refractivity contribution < 1.29 is 28.6 Å². The second-order valence-electron chi connectivity index (χ2n) is 5.36. The average molecular weight is 357 g/mol. The van der Waals surface area contributed by atoms with E-state index in [0.29, 0.717) is 11.4 Å². The van der Waals surface area contributed by atoms with Gasteiger partial charge in [-0.3, -0.25) is 4.79 Å². The number of ether oxygens (including phenoxy) is 3. The van der Waals surface area contributed by atoms with Crippen LogP contribution in [0.4, 0.5) is 5.69 Å². The van der Waals surface area contributed by atoms with Gasteiger partial charge >= 0.3 is 11.9 Å². The summed E-state index contributed by atoms with van der Waals surface area (Å²) < 4.78 is 14.5. The third kappa shape index (κ3) is 4.83. The van der Waals surface area contributed by atoms with Crippen molar-refractivity contribution in [2.75, 3.05) is 26.6 Å². The molecule has 0 radical (unpaired) electrons. The molecule has 0 saturated heterocycles. The van der Waals surface area contributed by atoms with Crippen molar-refractivity contribution in [3.05, 3.63) is 59.2 Å². The Morgan fingerprint density at radius 1 is 0.885 bits per heavy atom. The molecule has 0 saturated carbocycles. The van der Waals surface area contributed by atoms with Crippen LogP contribution in [0.2, 0.25) is 0 Å². The number of carbonyl (C=O) groups is 3. The molecule has 0 aromatic heterocycles. The smallest absolute Gasteiger partial charge is 0.337 e. The number of methoxy groups -OCH3 is 3. The molecule has 136 valence electrons. The number of anilines is 1. The van der Waals surface area contributed by atoms with Gasteiger partial charge in [0.1, 0.15) is 5.75 Å². The van der Waals surface area contributed by atoms with Crippen LogP contribution in [0, 0.1) is 0 Å². The maximum absolute atomic E-state index is 12.3. The molecule has 0 atom stereocenters. The molecule has 7 nitrogen and oxygen atoms in total. The van der Waals surface area contributed by atoms with Crippen molar-refractivity contribution >= 4 is 23.5 Å². The monoisotopic (exact) mass is 357 g/mol. The maximum atomic E-state index is 12.3. The van der Waals surface area contributed by atoms with Gasteiger partial charge in [0, 0.05) is 5.69 Å². The predicted octanol–water partition coefficient (Wildman–Crippen LogP) is 2.45. The van der Waals surface area contributed by atoms with E-state index in [1.54, 1.807) is 31.4 Å². The number of hydrogen-bond acceptors (Lipinski definition) is 6. The highest BCUT2D eigenvalue weighted by Crippen LogP contribution is 2.18. The molecule has 0 aliphatic rings. The summed E-state index contributed by atoms with van der Waals surface area (Å²) in [4.78, 5) is 35.8. The van der Waals surface area contributed by atoms with Crippen molar-refractivity contribution in [1.82, 2.24) is 0 Å². The fourth-order valence-electron chi connectivity index (χ4n) is 2.34. The first kappa shape index (κ1) is 19.0. The molecule has 2 aromatic carbocycles. The number of benzene rings is 2. The first-order valence-electron chi connectivity index (χ1n) is 7.71. The summed E-state index contributed by atoms with van der Waals surface area (Å²) in [5.74, 6) is -0.912. The zero-order chi connectivity index (χ0) is 19.1. The summed E-state index contributed by atoms with van der Waals surface area (Å²) in [6.07, 6.45) is 0.104. The summed E-state index contributed by atoms with van der Waals surface area (Å²) in [6, 6.07) is 11.3. The van der Waals surface area contributed by atoms with Crippen LogP contribution in [0.25, 0.3) is 0 Å². The number of carbonyl (C=O) groups excluding carboxylic acids is 3. The Kier molecular flexibility index (Phi) is 6.32. The van der Waals surface area contributed by atoms with E-state index in [2.05, 4.69) is 14.8 Å². The van der Waals surface area contributed by atoms with E-state index in [1.165, 1.54) is 32.4 Å². The zero-order valence-electron chi connectivity index (χ0n) is 14.7. The van der Waals surface area contributed by atoms with Gasteiger partial charge < -0.3 is 19.5 Å². The molecule has 26 heavy (non-hydrogen) atoms. The van der Waals surface area contributed by atoms with Crippen LogP contribution in [-0.4, -0.2) is 39.2 Å². The van der Waals surface area contributed by atoms with E-state index in [0.717, 1.165) is 5.56 Å². The van der Waals surface area contributed by atoms with Gasteiger partial charge in [-0.2, -0.15) is 0 Å². The van der Waals surface area contributed by atoms with Crippen LogP contribution in [0.1, 0.15) is 26.3 Å². The van der Waals surface area contributed by atoms with Crippen LogP contribution < -0.4 is 10.1 Å². The molecule has 1 N–H and O–H groups in total. The quantitative estimate of drug-likeness (QED) is 0.799. The van der Waals surface area contributed by atoms with E-state index >= 15 is 0 Å². The Morgan fingerprint density at radius 3 is 2.04 bits per heavy atom. The van der Waals surface area contributed by atoms with Crippen molar-refractivity contribution in [2.45, 2.75) is 6.42 Å². The number of nitrogens with one attached hydrogen (secondary N) is 1. The molecule has 7 heteroatoms. The summed E-state index contributed by atoms with van der Waals surface area (Å²) >= 11 is 0. The Balaban J connectivity index is 2.22. The number of amides is 1. The second-order valence-corrected chi connectivity index (χ2v) is 5.36. The molecule has 0 bridgehead atoms. The number of esters is 2. The predicted molar refractivity (Wildman–Crippen MR) is 94.4 cm³/mol. The molecule has 0 spiro atoms. The molecular formula is C19H19NO6. The lowest BCUT2D eigenvalue weighted by molar-refractivity contribution is -0.115. The maximum Gasteiger partial charge on any atom is 0.337 e. The Labute approximate surface area is 150 Å². The van der Waals surface area contributed by atoms with Crippen molar-refractivity contribution in [2.24, 2.45) is 0 Å². The van der Waals surface area contributed by atoms with E-state index < -0.39 is 11.9 Å². The standard InChI is InChI=1S/C19H19NO6/c1-24-16-6-4-5-12(7-16)8-17(21)20-15-10-13(18(22)25-2)9-14(11-15)19(23)26-3/h4-7,9-11H,8H2,1-3H3,(H,20,21). The molecule has 0 aliphatic heterocycles. The highest BCUT2D eigenvalue weighted by molar-refractivity contribution is 5.99. The van der Waals surface area contributed by atoms with E-state index in [4.69, 9.17) is 4.74 Å². The lowest BCUT2D eigenvalue weighted by atomic mass is 10.1. The molecule has 1 amide bonds. The van der Waals surface area contributed by atoms with Gasteiger partial charge in [0.2, 0.25) is 5.91 Å². The van der Waals surface area contributed by atoms with Crippen LogP contribution in [0.15, 0.2) is 42.5 Å². The van der Waals surface area contributed by atoms with Crippen LogP contribution >= 0.6 is 0 Å². The molecule has 0 fully saturated rings. The van der Waals surface area contributed by atoms with Gasteiger partial charge in [0.15, 0.2) is 0 Å². The normalized spacial score (nSPS) is 9.96. The Morgan fingerprint density at radius 2 is 1.50 bits per heavy atom. The fourth-order valence-corrected chi connectivity index (χ4v) is 2.34. The minimum atomic E-state index is -0.626. The van der Waals surface area contributed by atoms with Gasteiger partial charge in [0.25, 0.3) is 0 Å². The van der Waals surface area contributed by atoms with Crippen molar-refractivity contribution in [3.8, 4) is 5.75 Å². The highest BCUT2D eigenvalue weighted by Gasteiger charge is 2.15. The first-order chi connectivity index (χ1) is 12.5. The third-order valence-electron chi connectivity index (χ3n) is 3.56. The number of rotatable bonds is 6. The van der Waals surface area contributed by atoms with Gasteiger partial charge in [-0.05, 0) is 35.9 Å². The van der Waals surface area contributed by atoms with E-state index in [9.17, 15) is 14.4 Å². The van der Waals surface area contributed by atoms with Gasteiger partial charge in [-0.15, -0.1) is 0 Å². The number of hydrogen-bond donors (Lipinski definition) is 1. The molecule has 2 aromatic rings. The fraction of sp³-hybridized carbons (Fsp3) is 0.211. The Bertz CT molecular complexity index is 796. The van der Waals surface area contributed by atoms with Crippen molar-refractivity contribution in [1.29, 1.82) is 0 Å². The summed E-state index contributed by atoms with van der Waals surface area (Å²) in [5, 5.41) is 2.67. The third-order valence-corrected chi connectivity index (χ3v) is 3.56. The first-order valence-corrected chi connectivity index (χ1v) is 7.71. The summed E-state index contributed by atoms with van der Waals surface area (Å²) in [6.45, 7) is 0. The van der Waals surface area contributed by atoms with Gasteiger partial charge in [-0.25, -0.2) is 9.59 Å². The molecule has 0 heterocycles. The largest absolute Gasteiger partial charge is 0.497 e. The van der Waals surface area contributed by atoms with Gasteiger partial charge in [0.05, 0.1) is 38.9 Å². The van der Waals surface area contributed by atoms with E-state index in [1.807, 2.05) is 0 Å². The van der Waals surface area contributed by atoms with E-state index in [-0.39, 0.29) is 23.5 Å². The molecule has 0 unspecified atom stereocenters. The topological polar surface area (TPSA) is 90.9 Å². The second kappa shape index (κ2) is 8.66. The van der Waals surface area contributed by atoms with Crippen LogP contribution in [0.5, 0.6) is 5.75 Å². The van der Waals surface area contributed by atoms with Crippen LogP contribution in [0.3, 0.4) is 0 Å². The average Bonchev–Trinajstić information content (AvgIpc) is 2.66. The summed E-state index contributed by atoms with van der Waals surface area (Å²) in [5.41, 5.74) is 1.32. The Hall–Kier alpha value is -3.35. The summed E-state index contributed by atoms with van der Waals surface area (Å²) in [7, 11) is 4.01. The molecular weight excluding hydrogens is 338 g/mol. The lowest BCUT2D eigenvalue weighted by Gasteiger charge is -2.10. The van der Waals surface area contributed by atoms with Gasteiger partial charge in [-0.1, -0.05) is 12.1 Å². The molecule has 2 rings (SSSR count). The SMILES string of the molecule is COC(=O)c1cc(NC(=O)Cc2cccc(OC)c2)cc(C(=O)OC)c1. The molecule has 0 aliphatic carbocycles. The highest BCUT2D eigenvalue weighted by atomic mass is 16.5.